The molecule has 7 nitrogen and oxygen atoms in total. The van der Waals surface area contributed by atoms with Gasteiger partial charge in [0.05, 0.1) is 35.6 Å². The van der Waals surface area contributed by atoms with E-state index in [1.54, 1.807) is 0 Å². The summed E-state index contributed by atoms with van der Waals surface area (Å²) in [5.74, 6) is -0.768. The molecule has 0 radical (unpaired) electrons. The molecule has 1 N–H and O–H groups in total. The first-order valence-electron chi connectivity index (χ1n) is 8.67. The zero-order valence-corrected chi connectivity index (χ0v) is 15.4. The maximum Gasteiger partial charge on any atom is 0.417 e. The Bertz CT molecular complexity index is 951. The Morgan fingerprint density at radius 1 is 1.28 bits per heavy atom. The Hall–Kier alpha value is -3.48. The van der Waals surface area contributed by atoms with Crippen molar-refractivity contribution in [2.24, 2.45) is 0 Å². The summed E-state index contributed by atoms with van der Waals surface area (Å²) in [6.45, 7) is 0.342. The molecule has 0 aliphatic carbocycles. The van der Waals surface area contributed by atoms with E-state index in [-0.39, 0.29) is 31.2 Å². The first-order chi connectivity index (χ1) is 13.8. The maximum atomic E-state index is 13.3. The molecule has 3 rings (SSSR count). The molecule has 1 atom stereocenters. The summed E-state index contributed by atoms with van der Waals surface area (Å²) in [7, 11) is 1.41. The number of rotatable bonds is 3. The fourth-order valence-electron chi connectivity index (χ4n) is 3.28. The zero-order valence-electron chi connectivity index (χ0n) is 15.4. The Morgan fingerprint density at radius 2 is 2.03 bits per heavy atom. The minimum absolute atomic E-state index is 0.00889. The molecule has 2 heterocycles. The van der Waals surface area contributed by atoms with Gasteiger partial charge in [0.25, 0.3) is 5.91 Å². The monoisotopic (exact) mass is 406 g/mol. The normalized spacial score (nSPS) is 17.0. The second-order valence-corrected chi connectivity index (χ2v) is 6.43. The SMILES string of the molecule is CNC(=O)C1CN(C(=O)c2ccoc2)CCN1c1ccc(C#N)c(C(F)(F)F)c1. The number of nitriles is 1. The topological polar surface area (TPSA) is 89.6 Å². The fourth-order valence-corrected chi connectivity index (χ4v) is 3.28. The maximum absolute atomic E-state index is 13.3. The van der Waals surface area contributed by atoms with Crippen molar-refractivity contribution in [1.29, 1.82) is 5.26 Å². The third kappa shape index (κ3) is 4.03. The number of likely N-dealkylation sites (N-methyl/N-ethyl adjacent to an activating group) is 1. The lowest BCUT2D eigenvalue weighted by molar-refractivity contribution is -0.137. The van der Waals surface area contributed by atoms with Gasteiger partial charge in [0, 0.05) is 25.8 Å². The van der Waals surface area contributed by atoms with Crippen molar-refractivity contribution in [3.05, 3.63) is 53.5 Å². The molecule has 29 heavy (non-hydrogen) atoms. The Labute approximate surface area is 164 Å². The minimum atomic E-state index is -4.71. The van der Waals surface area contributed by atoms with E-state index in [0.717, 1.165) is 12.1 Å². The van der Waals surface area contributed by atoms with Crippen molar-refractivity contribution in [3.63, 3.8) is 0 Å². The van der Waals surface area contributed by atoms with Crippen LogP contribution in [0.3, 0.4) is 0 Å². The second-order valence-electron chi connectivity index (χ2n) is 6.43. The van der Waals surface area contributed by atoms with Crippen LogP contribution in [0.4, 0.5) is 18.9 Å². The average Bonchev–Trinajstić information content (AvgIpc) is 3.26. The highest BCUT2D eigenvalue weighted by molar-refractivity contribution is 5.95. The van der Waals surface area contributed by atoms with Crippen LogP contribution in [0.25, 0.3) is 0 Å². The summed E-state index contributed by atoms with van der Waals surface area (Å²) in [5.41, 5.74) is -1.08. The molecule has 0 saturated carbocycles. The molecule has 152 valence electrons. The van der Waals surface area contributed by atoms with Crippen LogP contribution in [0.2, 0.25) is 0 Å². The Morgan fingerprint density at radius 3 is 2.62 bits per heavy atom. The lowest BCUT2D eigenvalue weighted by Crippen LogP contribution is -2.60. The van der Waals surface area contributed by atoms with E-state index in [9.17, 15) is 22.8 Å². The van der Waals surface area contributed by atoms with E-state index in [4.69, 9.17) is 9.68 Å². The van der Waals surface area contributed by atoms with Gasteiger partial charge < -0.3 is 19.5 Å². The molecule has 1 aliphatic rings. The summed E-state index contributed by atoms with van der Waals surface area (Å²) >= 11 is 0. The van der Waals surface area contributed by atoms with Gasteiger partial charge in [-0.1, -0.05) is 0 Å². The van der Waals surface area contributed by atoms with Crippen molar-refractivity contribution in [2.75, 3.05) is 31.6 Å². The van der Waals surface area contributed by atoms with E-state index in [0.29, 0.717) is 5.56 Å². The van der Waals surface area contributed by atoms with Crippen LogP contribution < -0.4 is 10.2 Å². The van der Waals surface area contributed by atoms with E-state index in [1.807, 2.05) is 0 Å². The number of carbonyl (C=O) groups excluding carboxylic acids is 2. The van der Waals surface area contributed by atoms with Gasteiger partial charge in [0.2, 0.25) is 5.91 Å². The van der Waals surface area contributed by atoms with Gasteiger partial charge in [-0.3, -0.25) is 9.59 Å². The molecular weight excluding hydrogens is 389 g/mol. The molecule has 1 aliphatic heterocycles. The van der Waals surface area contributed by atoms with E-state index >= 15 is 0 Å². The number of hydrogen-bond donors (Lipinski definition) is 1. The predicted octanol–water partition coefficient (Wildman–Crippen LogP) is 2.25. The van der Waals surface area contributed by atoms with E-state index in [2.05, 4.69) is 5.32 Å². The van der Waals surface area contributed by atoms with Crippen LogP contribution in [0, 0.1) is 11.3 Å². The first kappa shape index (κ1) is 20.3. The molecular formula is C19H17F3N4O3. The van der Waals surface area contributed by atoms with E-state index in [1.165, 1.54) is 47.6 Å². The van der Waals surface area contributed by atoms with Crippen LogP contribution in [-0.4, -0.2) is 49.4 Å². The molecule has 2 amide bonds. The number of hydrogen-bond acceptors (Lipinski definition) is 5. The lowest BCUT2D eigenvalue weighted by Gasteiger charge is -2.41. The average molecular weight is 406 g/mol. The lowest BCUT2D eigenvalue weighted by atomic mass is 10.0. The van der Waals surface area contributed by atoms with Crippen LogP contribution >= 0.6 is 0 Å². The third-order valence-corrected chi connectivity index (χ3v) is 4.75. The summed E-state index contributed by atoms with van der Waals surface area (Å²) in [4.78, 5) is 27.9. The first-order valence-corrected chi connectivity index (χ1v) is 8.67. The predicted molar refractivity (Wildman–Crippen MR) is 96.0 cm³/mol. The summed E-state index contributed by atoms with van der Waals surface area (Å²) in [6, 6.07) is 5.47. The van der Waals surface area contributed by atoms with Crippen molar-refractivity contribution in [3.8, 4) is 6.07 Å². The number of anilines is 1. The summed E-state index contributed by atoms with van der Waals surface area (Å²) < 4.78 is 44.9. The van der Waals surface area contributed by atoms with Gasteiger partial charge in [-0.2, -0.15) is 18.4 Å². The van der Waals surface area contributed by atoms with Crippen LogP contribution in [0.5, 0.6) is 0 Å². The molecule has 0 spiro atoms. The van der Waals surface area contributed by atoms with Gasteiger partial charge in [0.15, 0.2) is 0 Å². The quantitative estimate of drug-likeness (QED) is 0.845. The Balaban J connectivity index is 1.92. The highest BCUT2D eigenvalue weighted by Gasteiger charge is 2.37. The van der Waals surface area contributed by atoms with Gasteiger partial charge in [-0.25, -0.2) is 0 Å². The third-order valence-electron chi connectivity index (χ3n) is 4.75. The van der Waals surface area contributed by atoms with Gasteiger partial charge in [0.1, 0.15) is 12.3 Å². The number of nitrogens with one attached hydrogen (secondary N) is 1. The van der Waals surface area contributed by atoms with Crippen LogP contribution in [-0.2, 0) is 11.0 Å². The molecule has 2 aromatic rings. The number of furan rings is 1. The highest BCUT2D eigenvalue weighted by Crippen LogP contribution is 2.35. The van der Waals surface area contributed by atoms with Gasteiger partial charge in [-0.15, -0.1) is 0 Å². The van der Waals surface area contributed by atoms with Crippen molar-refractivity contribution < 1.29 is 27.2 Å². The molecule has 1 saturated heterocycles. The summed E-state index contributed by atoms with van der Waals surface area (Å²) in [5, 5.41) is 11.5. The van der Waals surface area contributed by atoms with Crippen molar-refractivity contribution >= 4 is 17.5 Å². The number of piperazine rings is 1. The number of alkyl halides is 3. The second kappa shape index (κ2) is 7.87. The highest BCUT2D eigenvalue weighted by atomic mass is 19.4. The van der Waals surface area contributed by atoms with Gasteiger partial charge >= 0.3 is 6.18 Å². The number of benzene rings is 1. The largest absolute Gasteiger partial charge is 0.472 e. The number of nitrogens with zero attached hydrogens (tertiary/aromatic N) is 3. The van der Waals surface area contributed by atoms with E-state index < -0.39 is 29.3 Å². The van der Waals surface area contributed by atoms with Crippen molar-refractivity contribution in [1.82, 2.24) is 10.2 Å². The Kier molecular flexibility index (Phi) is 5.50. The van der Waals surface area contributed by atoms with Crippen LogP contribution in [0.1, 0.15) is 21.5 Å². The number of amides is 2. The fraction of sp³-hybridized carbons (Fsp3) is 0.316. The molecule has 1 aromatic carbocycles. The number of halogens is 3. The van der Waals surface area contributed by atoms with Crippen LogP contribution in [0.15, 0.2) is 41.2 Å². The number of carbonyl (C=O) groups is 2. The minimum Gasteiger partial charge on any atom is -0.472 e. The molecule has 0 bridgehead atoms. The smallest absolute Gasteiger partial charge is 0.417 e. The summed E-state index contributed by atoms with van der Waals surface area (Å²) in [6.07, 6.45) is -2.06. The molecule has 1 aromatic heterocycles. The molecule has 1 fully saturated rings. The van der Waals surface area contributed by atoms with Crippen molar-refractivity contribution in [2.45, 2.75) is 12.2 Å². The molecule has 1 unspecified atom stereocenters. The molecule has 10 heteroatoms. The van der Waals surface area contributed by atoms with Gasteiger partial charge in [-0.05, 0) is 24.3 Å². The zero-order chi connectivity index (χ0) is 21.2. The standard InChI is InChI=1S/C19H17F3N4O3/c1-24-17(27)16-10-25(18(28)13-4-7-29-11-13)5-6-26(16)14-3-2-12(9-23)15(8-14)19(20,21)22/h2-4,7-8,11,16H,5-6,10H2,1H3,(H,24,27).